The van der Waals surface area contributed by atoms with E-state index in [1.165, 1.54) is 25.1 Å². The molecule has 8 nitrogen and oxygen atoms in total. The fraction of sp³-hybridized carbons (Fsp3) is 0.467. The van der Waals surface area contributed by atoms with Crippen LogP contribution in [0.25, 0.3) is 0 Å². The third-order valence-electron chi connectivity index (χ3n) is 3.97. The first-order valence-corrected chi connectivity index (χ1v) is 7.27. The van der Waals surface area contributed by atoms with Crippen LogP contribution in [0, 0.1) is 23.0 Å². The molecule has 2 N–H and O–H groups in total. The van der Waals surface area contributed by atoms with E-state index in [0.29, 0.717) is 13.0 Å². The number of ether oxygens (including phenoxy) is 1. The molecule has 1 aromatic rings. The fourth-order valence-corrected chi connectivity index (χ4v) is 2.70. The molecule has 0 aliphatic carbocycles. The topological polar surface area (TPSA) is 119 Å². The summed E-state index contributed by atoms with van der Waals surface area (Å²) in [5.74, 6) is -2.09. The Kier molecular flexibility index (Phi) is 5.28. The Labute approximate surface area is 132 Å². The van der Waals surface area contributed by atoms with Crippen molar-refractivity contribution < 1.29 is 24.4 Å². The lowest BCUT2D eigenvalue weighted by molar-refractivity contribution is -0.385. The number of rotatable bonds is 5. The van der Waals surface area contributed by atoms with E-state index in [4.69, 9.17) is 4.74 Å². The number of hydrogen-bond acceptors (Lipinski definition) is 5. The number of benzene rings is 1. The molecule has 23 heavy (non-hydrogen) atoms. The number of carboxylic acid groups (broad SMARTS) is 1. The molecular formula is C15H18N2O6. The summed E-state index contributed by atoms with van der Waals surface area (Å²) in [5.41, 5.74) is 0.131. The van der Waals surface area contributed by atoms with Crippen molar-refractivity contribution in [2.45, 2.75) is 25.8 Å². The van der Waals surface area contributed by atoms with Gasteiger partial charge in [-0.2, -0.15) is 0 Å². The summed E-state index contributed by atoms with van der Waals surface area (Å²) in [6, 6.07) is 3.06. The largest absolute Gasteiger partial charge is 0.480 e. The molecule has 2 rings (SSSR count). The average Bonchev–Trinajstić information content (AvgIpc) is 2.52. The van der Waals surface area contributed by atoms with Crippen LogP contribution in [0.2, 0.25) is 0 Å². The number of hydrogen-bond donors (Lipinski definition) is 2. The summed E-state index contributed by atoms with van der Waals surface area (Å²) in [6.45, 7) is 2.32. The number of nitrogens with zero attached hydrogens (tertiary/aromatic N) is 1. The molecule has 0 bridgehead atoms. The first-order chi connectivity index (χ1) is 10.9. The van der Waals surface area contributed by atoms with Gasteiger partial charge in [0.2, 0.25) is 0 Å². The highest BCUT2D eigenvalue weighted by molar-refractivity contribution is 5.98. The van der Waals surface area contributed by atoms with Gasteiger partial charge in [0.25, 0.3) is 11.6 Å². The van der Waals surface area contributed by atoms with Crippen molar-refractivity contribution in [2.75, 3.05) is 13.2 Å². The zero-order valence-corrected chi connectivity index (χ0v) is 12.7. The molecule has 1 amide bonds. The Hall–Kier alpha value is -2.48. The molecule has 1 fully saturated rings. The number of carboxylic acids is 1. The van der Waals surface area contributed by atoms with Gasteiger partial charge in [0.1, 0.15) is 6.04 Å². The Morgan fingerprint density at radius 1 is 1.48 bits per heavy atom. The zero-order valence-electron chi connectivity index (χ0n) is 12.7. The predicted octanol–water partition coefficient (Wildman–Crippen LogP) is 1.51. The second-order valence-electron chi connectivity index (χ2n) is 5.47. The monoisotopic (exact) mass is 322 g/mol. The molecule has 0 saturated carbocycles. The van der Waals surface area contributed by atoms with E-state index in [1.807, 2.05) is 0 Å². The minimum atomic E-state index is -1.14. The highest BCUT2D eigenvalue weighted by Gasteiger charge is 2.32. The van der Waals surface area contributed by atoms with Gasteiger partial charge in [-0.3, -0.25) is 14.9 Å². The van der Waals surface area contributed by atoms with Gasteiger partial charge in [0.05, 0.1) is 11.5 Å². The summed E-state index contributed by atoms with van der Waals surface area (Å²) in [4.78, 5) is 34.2. The van der Waals surface area contributed by atoms with Crippen molar-refractivity contribution in [3.8, 4) is 0 Å². The first kappa shape index (κ1) is 16.9. The minimum absolute atomic E-state index is 0.0992. The summed E-state index contributed by atoms with van der Waals surface area (Å²) in [7, 11) is 0. The van der Waals surface area contributed by atoms with Crippen LogP contribution in [-0.2, 0) is 9.53 Å². The standard InChI is InChI=1S/C15H18N2O6/c1-9-11(5-2-6-12(9)17(21)22)14(18)16-13(15(19)20)10-4-3-7-23-8-10/h2,5-6,10,13H,3-4,7-8H2,1H3,(H,16,18)(H,19,20). The van der Waals surface area contributed by atoms with Gasteiger partial charge in [-0.05, 0) is 25.8 Å². The molecule has 0 aromatic heterocycles. The molecular weight excluding hydrogens is 304 g/mol. The second kappa shape index (κ2) is 7.19. The number of nitro groups is 1. The molecule has 1 aromatic carbocycles. The summed E-state index contributed by atoms with van der Waals surface area (Å²) >= 11 is 0. The van der Waals surface area contributed by atoms with Crippen LogP contribution in [0.15, 0.2) is 18.2 Å². The Balaban J connectivity index is 2.20. The maximum atomic E-state index is 12.4. The van der Waals surface area contributed by atoms with Crippen molar-refractivity contribution in [1.82, 2.24) is 5.32 Å². The van der Waals surface area contributed by atoms with Crippen molar-refractivity contribution in [3.05, 3.63) is 39.4 Å². The zero-order chi connectivity index (χ0) is 17.0. The first-order valence-electron chi connectivity index (χ1n) is 7.27. The van der Waals surface area contributed by atoms with E-state index in [2.05, 4.69) is 5.32 Å². The summed E-state index contributed by atoms with van der Waals surface area (Å²) < 4.78 is 5.27. The van der Waals surface area contributed by atoms with Crippen LogP contribution in [0.1, 0.15) is 28.8 Å². The van der Waals surface area contributed by atoms with Crippen LogP contribution in [0.3, 0.4) is 0 Å². The van der Waals surface area contributed by atoms with E-state index in [9.17, 15) is 24.8 Å². The smallest absolute Gasteiger partial charge is 0.326 e. The lowest BCUT2D eigenvalue weighted by Crippen LogP contribution is -2.48. The maximum absolute atomic E-state index is 12.4. The van der Waals surface area contributed by atoms with Crippen LogP contribution in [0.4, 0.5) is 5.69 Å². The molecule has 124 valence electrons. The quantitative estimate of drug-likeness (QED) is 0.626. The normalized spacial score (nSPS) is 18.9. The number of carbonyl (C=O) groups is 2. The lowest BCUT2D eigenvalue weighted by Gasteiger charge is -2.28. The minimum Gasteiger partial charge on any atom is -0.480 e. The fourth-order valence-electron chi connectivity index (χ4n) is 2.70. The van der Waals surface area contributed by atoms with Gasteiger partial charge < -0.3 is 15.2 Å². The van der Waals surface area contributed by atoms with Crippen molar-refractivity contribution in [2.24, 2.45) is 5.92 Å². The summed E-state index contributed by atoms with van der Waals surface area (Å²) in [5, 5.41) is 22.8. The Morgan fingerprint density at radius 2 is 2.22 bits per heavy atom. The summed E-state index contributed by atoms with van der Waals surface area (Å²) in [6.07, 6.45) is 1.38. The predicted molar refractivity (Wildman–Crippen MR) is 80.3 cm³/mol. The molecule has 1 saturated heterocycles. The van der Waals surface area contributed by atoms with E-state index in [0.717, 1.165) is 6.42 Å². The molecule has 0 radical (unpaired) electrons. The molecule has 8 heteroatoms. The van der Waals surface area contributed by atoms with Crippen molar-refractivity contribution in [3.63, 3.8) is 0 Å². The van der Waals surface area contributed by atoms with Gasteiger partial charge in [0, 0.05) is 29.7 Å². The van der Waals surface area contributed by atoms with Crippen molar-refractivity contribution >= 4 is 17.6 Å². The number of aliphatic carboxylic acids is 1. The van der Waals surface area contributed by atoms with Crippen LogP contribution in [-0.4, -0.2) is 41.2 Å². The number of nitrogens with one attached hydrogen (secondary N) is 1. The SMILES string of the molecule is Cc1c(C(=O)NC(C(=O)O)C2CCCOC2)cccc1[N+](=O)[O-]. The maximum Gasteiger partial charge on any atom is 0.326 e. The van der Waals surface area contributed by atoms with Gasteiger partial charge in [-0.15, -0.1) is 0 Å². The molecule has 0 spiro atoms. The molecule has 1 aliphatic heterocycles. The van der Waals surface area contributed by atoms with E-state index >= 15 is 0 Å². The van der Waals surface area contributed by atoms with Gasteiger partial charge in [0.15, 0.2) is 0 Å². The molecule has 2 unspecified atom stereocenters. The number of amides is 1. The van der Waals surface area contributed by atoms with E-state index in [-0.39, 0.29) is 29.3 Å². The molecule has 1 heterocycles. The highest BCUT2D eigenvalue weighted by atomic mass is 16.6. The average molecular weight is 322 g/mol. The van der Waals surface area contributed by atoms with E-state index in [1.54, 1.807) is 0 Å². The number of nitro benzene ring substituents is 1. The lowest BCUT2D eigenvalue weighted by atomic mass is 9.93. The van der Waals surface area contributed by atoms with Gasteiger partial charge >= 0.3 is 5.97 Å². The molecule has 2 atom stereocenters. The van der Waals surface area contributed by atoms with Crippen LogP contribution < -0.4 is 5.32 Å². The second-order valence-corrected chi connectivity index (χ2v) is 5.47. The molecule has 1 aliphatic rings. The van der Waals surface area contributed by atoms with E-state index < -0.39 is 22.8 Å². The third-order valence-corrected chi connectivity index (χ3v) is 3.97. The van der Waals surface area contributed by atoms with Crippen molar-refractivity contribution in [1.29, 1.82) is 0 Å². The van der Waals surface area contributed by atoms with Crippen LogP contribution in [0.5, 0.6) is 0 Å². The number of carbonyl (C=O) groups excluding carboxylic acids is 1. The Bertz CT molecular complexity index is 624. The van der Waals surface area contributed by atoms with Gasteiger partial charge in [-0.25, -0.2) is 4.79 Å². The highest BCUT2D eigenvalue weighted by Crippen LogP contribution is 2.22. The Morgan fingerprint density at radius 3 is 2.78 bits per heavy atom. The van der Waals surface area contributed by atoms with Gasteiger partial charge in [-0.1, -0.05) is 6.07 Å². The third kappa shape index (κ3) is 3.84. The van der Waals surface area contributed by atoms with Crippen LogP contribution >= 0.6 is 0 Å².